The summed E-state index contributed by atoms with van der Waals surface area (Å²) in [6.45, 7) is 4.34. The number of carbonyl (C=O) groups excluding carboxylic acids is 1. The van der Waals surface area contributed by atoms with Gasteiger partial charge < -0.3 is 5.32 Å². The molecule has 0 radical (unpaired) electrons. The number of halogens is 2. The molecule has 1 amide bonds. The van der Waals surface area contributed by atoms with Gasteiger partial charge in [-0.05, 0) is 36.6 Å². The zero-order valence-electron chi connectivity index (χ0n) is 17.3. The Kier molecular flexibility index (Phi) is 9.46. The van der Waals surface area contributed by atoms with E-state index in [1.165, 1.54) is 18.2 Å². The minimum absolute atomic E-state index is 0.0724. The molecule has 1 N–H and O–H groups in total. The molecule has 0 aliphatic heterocycles. The molecule has 0 saturated carbocycles. The third kappa shape index (κ3) is 6.37. The van der Waals surface area contributed by atoms with Gasteiger partial charge in [0.05, 0.1) is 20.6 Å². The summed E-state index contributed by atoms with van der Waals surface area (Å²) in [5.41, 5.74) is 0.168. The number of nitrogens with one attached hydrogen (secondary N) is 1. The third-order valence-electron chi connectivity index (χ3n) is 4.95. The molecular formula is C22H28Cl2N2O3S. The summed E-state index contributed by atoms with van der Waals surface area (Å²) in [6, 6.07) is 12.7. The molecule has 0 aliphatic rings. The molecule has 0 aliphatic carbocycles. The molecule has 2 aromatic carbocycles. The fraction of sp³-hybridized carbons (Fsp3) is 0.409. The van der Waals surface area contributed by atoms with Crippen LogP contribution < -0.4 is 9.62 Å². The maximum Gasteiger partial charge on any atom is 0.264 e. The van der Waals surface area contributed by atoms with Crippen LogP contribution in [-0.4, -0.2) is 27.4 Å². The van der Waals surface area contributed by atoms with Gasteiger partial charge in [-0.15, -0.1) is 0 Å². The first kappa shape index (κ1) is 24.5. The minimum atomic E-state index is -4.02. The fourth-order valence-electron chi connectivity index (χ4n) is 3.09. The normalized spacial score (nSPS) is 12.4. The molecular weight excluding hydrogens is 443 g/mol. The van der Waals surface area contributed by atoms with Gasteiger partial charge in [0.15, 0.2) is 0 Å². The van der Waals surface area contributed by atoms with Gasteiger partial charge in [-0.2, -0.15) is 0 Å². The number of rotatable bonds is 11. The first-order chi connectivity index (χ1) is 14.3. The highest BCUT2D eigenvalue weighted by Crippen LogP contribution is 2.35. The Morgan fingerprint density at radius 3 is 2.40 bits per heavy atom. The van der Waals surface area contributed by atoms with Crippen LogP contribution in [0.25, 0.3) is 0 Å². The number of sulfonamides is 1. The van der Waals surface area contributed by atoms with Crippen LogP contribution in [0.5, 0.6) is 0 Å². The van der Waals surface area contributed by atoms with Crippen LogP contribution in [0.3, 0.4) is 0 Å². The van der Waals surface area contributed by atoms with E-state index in [-0.39, 0.29) is 33.1 Å². The molecule has 5 nitrogen and oxygen atoms in total. The monoisotopic (exact) mass is 470 g/mol. The van der Waals surface area contributed by atoms with Crippen molar-refractivity contribution in [2.24, 2.45) is 5.92 Å². The van der Waals surface area contributed by atoms with Crippen LogP contribution in [0, 0.1) is 5.92 Å². The Balaban J connectivity index is 2.29. The summed E-state index contributed by atoms with van der Waals surface area (Å²) in [5.74, 6) is -0.0247. The number of nitrogens with zero attached hydrogens (tertiary/aromatic N) is 1. The van der Waals surface area contributed by atoms with Gasteiger partial charge in [0, 0.05) is 6.54 Å². The van der Waals surface area contributed by atoms with Crippen LogP contribution in [0.15, 0.2) is 53.4 Å². The van der Waals surface area contributed by atoms with E-state index < -0.39 is 10.0 Å². The van der Waals surface area contributed by atoms with Crippen LogP contribution in [0.2, 0.25) is 10.0 Å². The first-order valence-corrected chi connectivity index (χ1v) is 12.3. The standard InChI is InChI=1S/C22H28Cl2N2O3S/c1-3-5-10-17(4-2)15-25-21(27)16-26(20-14-9-13-19(23)22(20)24)30(28,29)18-11-7-6-8-12-18/h6-9,11-14,17H,3-5,10,15-16H2,1-2H3,(H,25,27)/t17-/m0/s1. The van der Waals surface area contributed by atoms with Crippen LogP contribution in [-0.2, 0) is 14.8 Å². The van der Waals surface area contributed by atoms with Gasteiger partial charge >= 0.3 is 0 Å². The van der Waals surface area contributed by atoms with Crippen molar-refractivity contribution in [3.63, 3.8) is 0 Å². The number of anilines is 1. The van der Waals surface area contributed by atoms with Crippen molar-refractivity contribution in [2.45, 2.75) is 44.4 Å². The number of hydrogen-bond acceptors (Lipinski definition) is 3. The van der Waals surface area contributed by atoms with Crippen molar-refractivity contribution in [1.82, 2.24) is 5.32 Å². The van der Waals surface area contributed by atoms with Crippen LogP contribution >= 0.6 is 23.2 Å². The molecule has 0 aromatic heterocycles. The van der Waals surface area contributed by atoms with Crippen molar-refractivity contribution in [1.29, 1.82) is 0 Å². The van der Waals surface area contributed by atoms with E-state index >= 15 is 0 Å². The Labute approximate surface area is 189 Å². The van der Waals surface area contributed by atoms with Gasteiger partial charge in [0.2, 0.25) is 5.91 Å². The number of carbonyl (C=O) groups is 1. The van der Waals surface area contributed by atoms with Crippen molar-refractivity contribution in [2.75, 3.05) is 17.4 Å². The van der Waals surface area contributed by atoms with Crippen molar-refractivity contribution < 1.29 is 13.2 Å². The van der Waals surface area contributed by atoms with Gasteiger partial charge in [-0.3, -0.25) is 9.10 Å². The molecule has 0 spiro atoms. The lowest BCUT2D eigenvalue weighted by molar-refractivity contribution is -0.119. The minimum Gasteiger partial charge on any atom is -0.354 e. The smallest absolute Gasteiger partial charge is 0.264 e. The molecule has 0 heterocycles. The average molecular weight is 471 g/mol. The molecule has 164 valence electrons. The van der Waals surface area contributed by atoms with Crippen LogP contribution in [0.1, 0.15) is 39.5 Å². The van der Waals surface area contributed by atoms with E-state index in [0.29, 0.717) is 12.5 Å². The average Bonchev–Trinajstić information content (AvgIpc) is 2.75. The molecule has 0 saturated heterocycles. The second-order valence-electron chi connectivity index (χ2n) is 7.12. The molecule has 0 fully saturated rings. The molecule has 0 bridgehead atoms. The lowest BCUT2D eigenvalue weighted by Gasteiger charge is -2.25. The summed E-state index contributed by atoms with van der Waals surface area (Å²) >= 11 is 12.4. The fourth-order valence-corrected chi connectivity index (χ4v) is 4.99. The van der Waals surface area contributed by atoms with E-state index in [0.717, 1.165) is 30.0 Å². The maximum absolute atomic E-state index is 13.3. The number of amides is 1. The molecule has 0 unspecified atom stereocenters. The summed E-state index contributed by atoms with van der Waals surface area (Å²) < 4.78 is 27.6. The van der Waals surface area contributed by atoms with Gasteiger partial charge in [-0.1, -0.05) is 80.6 Å². The Morgan fingerprint density at radius 1 is 1.07 bits per heavy atom. The topological polar surface area (TPSA) is 66.5 Å². The highest BCUT2D eigenvalue weighted by atomic mass is 35.5. The highest BCUT2D eigenvalue weighted by molar-refractivity contribution is 7.92. The maximum atomic E-state index is 13.3. The van der Waals surface area contributed by atoms with E-state index in [4.69, 9.17) is 23.2 Å². The number of unbranched alkanes of at least 4 members (excludes halogenated alkanes) is 1. The SMILES string of the molecule is CCCC[C@H](CC)CNC(=O)CN(c1cccc(Cl)c1Cl)S(=O)(=O)c1ccccc1. The van der Waals surface area contributed by atoms with Crippen molar-refractivity contribution in [3.05, 3.63) is 58.6 Å². The molecule has 2 rings (SSSR count). The summed E-state index contributed by atoms with van der Waals surface area (Å²) in [4.78, 5) is 12.8. The number of hydrogen-bond donors (Lipinski definition) is 1. The zero-order valence-corrected chi connectivity index (χ0v) is 19.6. The summed E-state index contributed by atoms with van der Waals surface area (Å²) in [7, 11) is -4.02. The van der Waals surface area contributed by atoms with Gasteiger partial charge in [0.1, 0.15) is 6.54 Å². The quantitative estimate of drug-likeness (QED) is 0.469. The largest absolute Gasteiger partial charge is 0.354 e. The Bertz CT molecular complexity index is 937. The lowest BCUT2D eigenvalue weighted by atomic mass is 9.99. The third-order valence-corrected chi connectivity index (χ3v) is 7.53. The molecule has 30 heavy (non-hydrogen) atoms. The molecule has 2 aromatic rings. The zero-order chi connectivity index (χ0) is 22.1. The van der Waals surface area contributed by atoms with Gasteiger partial charge in [0.25, 0.3) is 10.0 Å². The van der Waals surface area contributed by atoms with Crippen molar-refractivity contribution >= 4 is 44.8 Å². The van der Waals surface area contributed by atoms with E-state index in [1.54, 1.807) is 30.3 Å². The lowest BCUT2D eigenvalue weighted by Crippen LogP contribution is -2.42. The van der Waals surface area contributed by atoms with Gasteiger partial charge in [-0.25, -0.2) is 8.42 Å². The van der Waals surface area contributed by atoms with Crippen LogP contribution in [0.4, 0.5) is 5.69 Å². The summed E-state index contributed by atoms with van der Waals surface area (Å²) in [6.07, 6.45) is 4.17. The second-order valence-corrected chi connectivity index (χ2v) is 9.77. The highest BCUT2D eigenvalue weighted by Gasteiger charge is 2.29. The number of benzene rings is 2. The predicted molar refractivity (Wildman–Crippen MR) is 124 cm³/mol. The molecule has 8 heteroatoms. The van der Waals surface area contributed by atoms with E-state index in [2.05, 4.69) is 19.2 Å². The predicted octanol–water partition coefficient (Wildman–Crippen LogP) is 5.52. The Morgan fingerprint density at radius 2 is 1.77 bits per heavy atom. The summed E-state index contributed by atoms with van der Waals surface area (Å²) in [5, 5.41) is 3.18. The second kappa shape index (κ2) is 11.6. The van der Waals surface area contributed by atoms with Crippen molar-refractivity contribution in [3.8, 4) is 0 Å². The van der Waals surface area contributed by atoms with E-state index in [1.807, 2.05) is 0 Å². The molecule has 1 atom stereocenters. The Hall–Kier alpha value is -1.76. The first-order valence-electron chi connectivity index (χ1n) is 10.1. The van der Waals surface area contributed by atoms with E-state index in [9.17, 15) is 13.2 Å².